The zero-order valence-electron chi connectivity index (χ0n) is 17.9. The summed E-state index contributed by atoms with van der Waals surface area (Å²) in [6, 6.07) is 6.28. The third-order valence-electron chi connectivity index (χ3n) is 6.63. The number of imidazole rings is 1. The number of nitrogens with zero attached hydrogens (tertiary/aromatic N) is 4. The molecule has 0 spiro atoms. The number of likely N-dealkylation sites (tertiary alicyclic amines) is 1. The highest BCUT2D eigenvalue weighted by Gasteiger charge is 2.33. The molecular formula is C23H27FN4O4. The summed E-state index contributed by atoms with van der Waals surface area (Å²) in [5.41, 5.74) is 2.08. The maximum atomic E-state index is 13.2. The lowest BCUT2D eigenvalue weighted by Crippen LogP contribution is -2.47. The van der Waals surface area contributed by atoms with Crippen molar-refractivity contribution in [3.63, 3.8) is 0 Å². The minimum absolute atomic E-state index is 0.0344. The summed E-state index contributed by atoms with van der Waals surface area (Å²) in [7, 11) is 0. The molecule has 0 aliphatic carbocycles. The molecule has 5 rings (SSSR count). The number of aromatic nitrogens is 2. The van der Waals surface area contributed by atoms with E-state index < -0.39 is 0 Å². The van der Waals surface area contributed by atoms with E-state index in [-0.39, 0.29) is 36.3 Å². The van der Waals surface area contributed by atoms with Crippen LogP contribution in [-0.2, 0) is 27.4 Å². The first-order valence-electron chi connectivity index (χ1n) is 11.2. The number of amides is 2. The number of halogens is 1. The number of ether oxygens (including phenoxy) is 2. The highest BCUT2D eigenvalue weighted by Crippen LogP contribution is 2.29. The van der Waals surface area contributed by atoms with E-state index in [9.17, 15) is 14.0 Å². The van der Waals surface area contributed by atoms with Crippen LogP contribution in [0.3, 0.4) is 0 Å². The van der Waals surface area contributed by atoms with Crippen LogP contribution < -0.4 is 0 Å². The Morgan fingerprint density at radius 2 is 1.72 bits per heavy atom. The van der Waals surface area contributed by atoms with Gasteiger partial charge in [-0.3, -0.25) is 9.59 Å². The van der Waals surface area contributed by atoms with Gasteiger partial charge in [0, 0.05) is 32.1 Å². The second kappa shape index (κ2) is 8.99. The first-order chi connectivity index (χ1) is 15.6. The van der Waals surface area contributed by atoms with Crippen molar-refractivity contribution in [3.05, 3.63) is 53.4 Å². The van der Waals surface area contributed by atoms with Crippen LogP contribution in [0.5, 0.6) is 0 Å². The number of carbonyl (C=O) groups excluding carboxylic acids is 2. The topological polar surface area (TPSA) is 76.9 Å². The van der Waals surface area contributed by atoms with Gasteiger partial charge in [-0.25, -0.2) is 9.37 Å². The lowest BCUT2D eigenvalue weighted by atomic mass is 9.94. The molecule has 3 aliphatic rings. The van der Waals surface area contributed by atoms with Gasteiger partial charge in [0.1, 0.15) is 11.9 Å². The Hall–Kier alpha value is -2.78. The van der Waals surface area contributed by atoms with Crippen molar-refractivity contribution in [3.8, 4) is 0 Å². The van der Waals surface area contributed by atoms with Gasteiger partial charge in [0.25, 0.3) is 5.91 Å². The Labute approximate surface area is 185 Å². The third kappa shape index (κ3) is 4.14. The highest BCUT2D eigenvalue weighted by molar-refractivity contribution is 5.93. The van der Waals surface area contributed by atoms with E-state index in [0.29, 0.717) is 64.5 Å². The number of rotatable bonds is 3. The number of morpholine rings is 1. The van der Waals surface area contributed by atoms with E-state index in [1.54, 1.807) is 23.4 Å². The molecule has 8 nitrogen and oxygen atoms in total. The van der Waals surface area contributed by atoms with Crippen molar-refractivity contribution in [2.45, 2.75) is 32.1 Å². The molecule has 0 radical (unpaired) electrons. The lowest BCUT2D eigenvalue weighted by molar-refractivity contribution is -0.141. The van der Waals surface area contributed by atoms with Crippen molar-refractivity contribution in [2.24, 2.45) is 5.92 Å². The van der Waals surface area contributed by atoms with E-state index in [1.165, 1.54) is 12.1 Å². The van der Waals surface area contributed by atoms with Gasteiger partial charge in [0.2, 0.25) is 5.91 Å². The van der Waals surface area contributed by atoms with Crippen LogP contribution in [0.4, 0.5) is 4.39 Å². The first-order valence-corrected chi connectivity index (χ1v) is 11.2. The van der Waals surface area contributed by atoms with Crippen LogP contribution in [0.1, 0.15) is 40.7 Å². The largest absolute Gasteiger partial charge is 0.378 e. The lowest BCUT2D eigenvalue weighted by Gasteiger charge is -2.35. The van der Waals surface area contributed by atoms with Crippen molar-refractivity contribution in [2.75, 3.05) is 39.4 Å². The molecule has 2 aromatic rings. The van der Waals surface area contributed by atoms with Crippen LogP contribution >= 0.6 is 0 Å². The molecule has 0 saturated carbocycles. The normalized spacial score (nSPS) is 22.0. The number of carbonyl (C=O) groups is 2. The molecule has 3 aliphatic heterocycles. The summed E-state index contributed by atoms with van der Waals surface area (Å²) < 4.78 is 26.4. The molecule has 1 aromatic heterocycles. The van der Waals surface area contributed by atoms with Crippen molar-refractivity contribution in [1.29, 1.82) is 0 Å². The molecule has 4 heterocycles. The smallest absolute Gasteiger partial charge is 0.274 e. The number of benzene rings is 1. The fraction of sp³-hybridized carbons (Fsp3) is 0.522. The third-order valence-corrected chi connectivity index (χ3v) is 6.63. The maximum Gasteiger partial charge on any atom is 0.274 e. The second-order valence-electron chi connectivity index (χ2n) is 8.55. The second-order valence-corrected chi connectivity index (χ2v) is 8.55. The van der Waals surface area contributed by atoms with Crippen LogP contribution in [-0.4, -0.2) is 70.6 Å². The summed E-state index contributed by atoms with van der Waals surface area (Å²) in [4.78, 5) is 33.9. The molecule has 1 atom stereocenters. The summed E-state index contributed by atoms with van der Waals surface area (Å²) in [6.07, 6.45) is 2.81. The average molecular weight is 442 g/mol. The molecule has 0 N–H and O–H groups in total. The van der Waals surface area contributed by atoms with Crippen LogP contribution in [0, 0.1) is 11.7 Å². The molecule has 1 aromatic carbocycles. The molecule has 0 unspecified atom stereocenters. The first kappa shape index (κ1) is 21.1. The Morgan fingerprint density at radius 1 is 1.00 bits per heavy atom. The molecule has 32 heavy (non-hydrogen) atoms. The van der Waals surface area contributed by atoms with Gasteiger partial charge in [0.15, 0.2) is 5.69 Å². The van der Waals surface area contributed by atoms with E-state index in [2.05, 4.69) is 4.98 Å². The molecule has 2 amide bonds. The molecule has 2 saturated heterocycles. The average Bonchev–Trinajstić information content (AvgIpc) is 3.27. The van der Waals surface area contributed by atoms with Crippen LogP contribution in [0.25, 0.3) is 0 Å². The number of hydrogen-bond acceptors (Lipinski definition) is 5. The Kier molecular flexibility index (Phi) is 5.93. The van der Waals surface area contributed by atoms with Gasteiger partial charge in [-0.1, -0.05) is 12.1 Å². The SMILES string of the molecule is O=C(c1ncn2c1CO[C@H](c1ccc(F)cc1)C2)N1CCC(C(=O)N2CCOCC2)CC1. The maximum absolute atomic E-state index is 13.2. The van der Waals surface area contributed by atoms with Crippen LogP contribution in [0.15, 0.2) is 30.6 Å². The predicted molar refractivity (Wildman–Crippen MR) is 112 cm³/mol. The zero-order valence-corrected chi connectivity index (χ0v) is 17.9. The Morgan fingerprint density at radius 3 is 2.44 bits per heavy atom. The fourth-order valence-corrected chi connectivity index (χ4v) is 4.71. The van der Waals surface area contributed by atoms with Gasteiger partial charge in [-0.05, 0) is 30.5 Å². The summed E-state index contributed by atoms with van der Waals surface area (Å²) in [5, 5.41) is 0. The van der Waals surface area contributed by atoms with E-state index in [0.717, 1.165) is 11.3 Å². The van der Waals surface area contributed by atoms with Gasteiger partial charge < -0.3 is 23.8 Å². The van der Waals surface area contributed by atoms with Gasteiger partial charge in [-0.15, -0.1) is 0 Å². The molecule has 170 valence electrons. The fourth-order valence-electron chi connectivity index (χ4n) is 4.71. The number of piperidine rings is 1. The summed E-state index contributed by atoms with van der Waals surface area (Å²) >= 11 is 0. The zero-order chi connectivity index (χ0) is 22.1. The number of hydrogen-bond donors (Lipinski definition) is 0. The summed E-state index contributed by atoms with van der Waals surface area (Å²) in [6.45, 7) is 4.38. The minimum Gasteiger partial charge on any atom is -0.378 e. The van der Waals surface area contributed by atoms with Gasteiger partial charge in [-0.2, -0.15) is 0 Å². The van der Waals surface area contributed by atoms with Gasteiger partial charge >= 0.3 is 0 Å². The van der Waals surface area contributed by atoms with Crippen molar-refractivity contribution in [1.82, 2.24) is 19.4 Å². The van der Waals surface area contributed by atoms with Gasteiger partial charge in [0.05, 0.1) is 38.4 Å². The monoisotopic (exact) mass is 442 g/mol. The highest BCUT2D eigenvalue weighted by atomic mass is 19.1. The Balaban J connectivity index is 1.20. The quantitative estimate of drug-likeness (QED) is 0.727. The van der Waals surface area contributed by atoms with E-state index >= 15 is 0 Å². The molecular weight excluding hydrogens is 415 g/mol. The van der Waals surface area contributed by atoms with Crippen LogP contribution in [0.2, 0.25) is 0 Å². The number of fused-ring (bicyclic) bond motifs is 1. The van der Waals surface area contributed by atoms with Crippen molar-refractivity contribution < 1.29 is 23.5 Å². The summed E-state index contributed by atoms with van der Waals surface area (Å²) in [5.74, 6) is -0.246. The van der Waals surface area contributed by atoms with E-state index in [4.69, 9.17) is 9.47 Å². The minimum atomic E-state index is -0.281. The molecule has 0 bridgehead atoms. The van der Waals surface area contributed by atoms with Crippen molar-refractivity contribution >= 4 is 11.8 Å². The van der Waals surface area contributed by atoms with E-state index in [1.807, 2.05) is 9.47 Å². The standard InChI is InChI=1S/C23H27FN4O4/c24-18-3-1-16(2-4-18)20-13-28-15-25-21(19(28)14-32-20)23(30)26-7-5-17(6-8-26)22(29)27-9-11-31-12-10-27/h1-4,15,17,20H,5-14H2/t20-/m0/s1. The predicted octanol–water partition coefficient (Wildman–Crippen LogP) is 2.00. The molecule has 2 fully saturated rings. The molecule has 9 heteroatoms. The Bertz CT molecular complexity index is 978.